The summed E-state index contributed by atoms with van der Waals surface area (Å²) in [5.74, 6) is 0.458. The van der Waals surface area contributed by atoms with E-state index in [0.717, 1.165) is 6.42 Å². The van der Waals surface area contributed by atoms with Crippen molar-refractivity contribution in [2.24, 2.45) is 17.6 Å². The number of rotatable bonds is 6. The van der Waals surface area contributed by atoms with Crippen molar-refractivity contribution in [3.8, 4) is 0 Å². The lowest BCUT2D eigenvalue weighted by Gasteiger charge is -2.28. The van der Waals surface area contributed by atoms with Crippen LogP contribution in [0.5, 0.6) is 0 Å². The summed E-state index contributed by atoms with van der Waals surface area (Å²) in [7, 11) is 1.62. The minimum absolute atomic E-state index is 0.0288. The van der Waals surface area contributed by atoms with E-state index in [4.69, 9.17) is 5.73 Å². The molecule has 0 unspecified atom stereocenters. The normalized spacial score (nSPS) is 22.2. The molecule has 1 aliphatic carbocycles. The first-order chi connectivity index (χ1) is 8.54. The summed E-state index contributed by atoms with van der Waals surface area (Å²) < 4.78 is 0. The zero-order chi connectivity index (χ0) is 13.5. The fourth-order valence-corrected chi connectivity index (χ4v) is 2.86. The molecule has 0 spiro atoms. The van der Waals surface area contributed by atoms with E-state index >= 15 is 0 Å². The Morgan fingerprint density at radius 3 is 2.56 bits per heavy atom. The van der Waals surface area contributed by atoms with E-state index in [2.05, 4.69) is 5.32 Å². The van der Waals surface area contributed by atoms with Gasteiger partial charge in [0.1, 0.15) is 0 Å². The number of hydrogen-bond donors (Lipinski definition) is 3. The van der Waals surface area contributed by atoms with Crippen molar-refractivity contribution in [2.45, 2.75) is 64.0 Å². The number of aliphatic hydroxyl groups excluding tert-OH is 1. The van der Waals surface area contributed by atoms with Crippen molar-refractivity contribution < 1.29 is 9.90 Å². The van der Waals surface area contributed by atoms with Gasteiger partial charge in [-0.15, -0.1) is 0 Å². The van der Waals surface area contributed by atoms with Crippen LogP contribution >= 0.6 is 0 Å². The summed E-state index contributed by atoms with van der Waals surface area (Å²) in [5, 5.41) is 12.7. The highest BCUT2D eigenvalue weighted by Crippen LogP contribution is 2.28. The Kier molecular flexibility index (Phi) is 6.65. The Balaban J connectivity index is 2.31. The quantitative estimate of drug-likeness (QED) is 0.672. The van der Waals surface area contributed by atoms with Gasteiger partial charge in [-0.25, -0.2) is 0 Å². The van der Waals surface area contributed by atoms with Crippen LogP contribution in [0.2, 0.25) is 0 Å². The van der Waals surface area contributed by atoms with Gasteiger partial charge in [-0.05, 0) is 18.8 Å². The largest absolute Gasteiger partial charge is 0.391 e. The first kappa shape index (κ1) is 15.4. The summed E-state index contributed by atoms with van der Waals surface area (Å²) >= 11 is 0. The zero-order valence-electron chi connectivity index (χ0n) is 11.7. The van der Waals surface area contributed by atoms with Crippen LogP contribution in [0, 0.1) is 11.8 Å². The molecule has 1 fully saturated rings. The van der Waals surface area contributed by atoms with Gasteiger partial charge in [0.05, 0.1) is 6.10 Å². The summed E-state index contributed by atoms with van der Waals surface area (Å²) in [4.78, 5) is 11.4. The number of nitrogens with one attached hydrogen (secondary N) is 1. The van der Waals surface area contributed by atoms with Crippen LogP contribution in [-0.2, 0) is 4.79 Å². The number of carbonyl (C=O) groups is 1. The average molecular weight is 256 g/mol. The molecule has 4 nitrogen and oxygen atoms in total. The van der Waals surface area contributed by atoms with Crippen LogP contribution in [-0.4, -0.2) is 30.2 Å². The third kappa shape index (κ3) is 4.94. The standard InChI is InChI=1S/C14H28N2O2/c1-10(14(18)16-2)8-13(17)12(15)9-11-6-4-3-5-7-11/h10-13,17H,3-9,15H2,1-2H3,(H,16,18)/t10-,12+,13+/m1/s1. The molecule has 0 saturated heterocycles. The Morgan fingerprint density at radius 2 is 2.00 bits per heavy atom. The van der Waals surface area contributed by atoms with Crippen LogP contribution in [0.4, 0.5) is 0 Å². The highest BCUT2D eigenvalue weighted by Gasteiger charge is 2.24. The molecule has 18 heavy (non-hydrogen) atoms. The van der Waals surface area contributed by atoms with Crippen LogP contribution < -0.4 is 11.1 Å². The zero-order valence-corrected chi connectivity index (χ0v) is 11.7. The van der Waals surface area contributed by atoms with Crippen molar-refractivity contribution in [2.75, 3.05) is 7.05 Å². The third-order valence-electron chi connectivity index (χ3n) is 4.11. The highest BCUT2D eigenvalue weighted by atomic mass is 16.3. The summed E-state index contributed by atoms with van der Waals surface area (Å²) in [6, 6.07) is -0.194. The fourth-order valence-electron chi connectivity index (χ4n) is 2.86. The first-order valence-electron chi connectivity index (χ1n) is 7.19. The minimum atomic E-state index is -0.570. The van der Waals surface area contributed by atoms with Gasteiger partial charge < -0.3 is 16.2 Å². The van der Waals surface area contributed by atoms with E-state index in [1.165, 1.54) is 32.1 Å². The third-order valence-corrected chi connectivity index (χ3v) is 4.11. The van der Waals surface area contributed by atoms with Crippen molar-refractivity contribution >= 4 is 5.91 Å². The molecule has 0 bridgehead atoms. The summed E-state index contributed by atoms with van der Waals surface area (Å²) in [5.41, 5.74) is 6.06. The van der Waals surface area contributed by atoms with Gasteiger partial charge in [0.15, 0.2) is 0 Å². The molecule has 4 N–H and O–H groups in total. The second kappa shape index (κ2) is 7.74. The molecule has 1 aliphatic rings. The molecule has 0 aromatic carbocycles. The smallest absolute Gasteiger partial charge is 0.222 e. The van der Waals surface area contributed by atoms with Crippen molar-refractivity contribution in [1.29, 1.82) is 0 Å². The van der Waals surface area contributed by atoms with E-state index in [1.54, 1.807) is 7.05 Å². The van der Waals surface area contributed by atoms with Gasteiger partial charge in [0.25, 0.3) is 0 Å². The van der Waals surface area contributed by atoms with Crippen LogP contribution in [0.15, 0.2) is 0 Å². The Labute approximate surface area is 110 Å². The maximum absolute atomic E-state index is 11.4. The molecule has 1 rings (SSSR count). The predicted octanol–water partition coefficient (Wildman–Crippen LogP) is 1.42. The number of nitrogens with two attached hydrogens (primary N) is 1. The number of hydrogen-bond acceptors (Lipinski definition) is 3. The molecule has 0 aromatic heterocycles. The number of amides is 1. The Morgan fingerprint density at radius 1 is 1.39 bits per heavy atom. The molecular formula is C14H28N2O2. The van der Waals surface area contributed by atoms with E-state index < -0.39 is 6.10 Å². The van der Waals surface area contributed by atoms with Crippen molar-refractivity contribution in [3.63, 3.8) is 0 Å². The minimum Gasteiger partial charge on any atom is -0.391 e. The average Bonchev–Trinajstić information content (AvgIpc) is 2.38. The fraction of sp³-hybridized carbons (Fsp3) is 0.929. The second-order valence-corrected chi connectivity index (χ2v) is 5.72. The van der Waals surface area contributed by atoms with Gasteiger partial charge in [-0.2, -0.15) is 0 Å². The van der Waals surface area contributed by atoms with Gasteiger partial charge in [-0.1, -0.05) is 39.0 Å². The topological polar surface area (TPSA) is 75.3 Å². The molecule has 0 radical (unpaired) electrons. The van der Waals surface area contributed by atoms with Crippen LogP contribution in [0.1, 0.15) is 51.9 Å². The van der Waals surface area contributed by atoms with Gasteiger partial charge in [0, 0.05) is 19.0 Å². The molecular weight excluding hydrogens is 228 g/mol. The number of carbonyl (C=O) groups excluding carboxylic acids is 1. The Bertz CT molecular complexity index is 252. The molecule has 106 valence electrons. The predicted molar refractivity (Wildman–Crippen MR) is 73.0 cm³/mol. The van der Waals surface area contributed by atoms with E-state index in [-0.39, 0.29) is 17.9 Å². The number of aliphatic hydroxyl groups is 1. The summed E-state index contributed by atoms with van der Waals surface area (Å²) in [6.07, 6.45) is 7.18. The lowest BCUT2D eigenvalue weighted by Crippen LogP contribution is -2.39. The van der Waals surface area contributed by atoms with Crippen molar-refractivity contribution in [1.82, 2.24) is 5.32 Å². The first-order valence-corrected chi connectivity index (χ1v) is 7.19. The van der Waals surface area contributed by atoms with Crippen LogP contribution in [0.25, 0.3) is 0 Å². The molecule has 0 aromatic rings. The van der Waals surface area contributed by atoms with Gasteiger partial charge in [-0.3, -0.25) is 4.79 Å². The van der Waals surface area contributed by atoms with E-state index in [9.17, 15) is 9.90 Å². The highest BCUT2D eigenvalue weighted by molar-refractivity contribution is 5.77. The van der Waals surface area contributed by atoms with Gasteiger partial charge >= 0.3 is 0 Å². The monoisotopic (exact) mass is 256 g/mol. The SMILES string of the molecule is CNC(=O)[C@H](C)C[C@H](O)[C@@H](N)CC1CCCCC1. The lowest BCUT2D eigenvalue weighted by molar-refractivity contribution is -0.125. The van der Waals surface area contributed by atoms with Gasteiger partial charge in [0.2, 0.25) is 5.91 Å². The lowest BCUT2D eigenvalue weighted by atomic mass is 9.83. The summed E-state index contributed by atoms with van der Waals surface area (Å²) in [6.45, 7) is 1.83. The molecule has 4 heteroatoms. The molecule has 3 atom stereocenters. The van der Waals surface area contributed by atoms with Crippen LogP contribution in [0.3, 0.4) is 0 Å². The molecule has 0 heterocycles. The molecule has 1 saturated carbocycles. The Hall–Kier alpha value is -0.610. The second-order valence-electron chi connectivity index (χ2n) is 5.72. The van der Waals surface area contributed by atoms with Crippen molar-refractivity contribution in [3.05, 3.63) is 0 Å². The maximum atomic E-state index is 11.4. The van der Waals surface area contributed by atoms with E-state index in [1.807, 2.05) is 6.92 Å². The van der Waals surface area contributed by atoms with E-state index in [0.29, 0.717) is 12.3 Å². The molecule has 1 amide bonds. The maximum Gasteiger partial charge on any atom is 0.222 e. The molecule has 0 aliphatic heterocycles.